The van der Waals surface area contributed by atoms with Crippen LogP contribution in [0.1, 0.15) is 5.56 Å². The molecule has 0 radical (unpaired) electrons. The van der Waals surface area contributed by atoms with Gasteiger partial charge in [-0.25, -0.2) is 13.4 Å². The van der Waals surface area contributed by atoms with Crippen molar-refractivity contribution in [1.82, 2.24) is 4.98 Å². The molecule has 0 unspecified atom stereocenters. The van der Waals surface area contributed by atoms with Gasteiger partial charge < -0.3 is 5.73 Å². The Hall–Kier alpha value is -1.60. The Morgan fingerprint density at radius 3 is 2.58 bits per heavy atom. The summed E-state index contributed by atoms with van der Waals surface area (Å²) in [7, 11) is -3.65. The Morgan fingerprint density at radius 2 is 2.00 bits per heavy atom. The summed E-state index contributed by atoms with van der Waals surface area (Å²) in [5.41, 5.74) is 6.78. The molecule has 0 spiro atoms. The van der Waals surface area contributed by atoms with E-state index in [-0.39, 0.29) is 10.7 Å². The highest BCUT2D eigenvalue weighted by molar-refractivity contribution is 9.10. The van der Waals surface area contributed by atoms with Gasteiger partial charge in [-0.05, 0) is 42.8 Å². The first-order chi connectivity index (χ1) is 8.88. The van der Waals surface area contributed by atoms with E-state index in [2.05, 4.69) is 25.6 Å². The monoisotopic (exact) mass is 341 g/mol. The van der Waals surface area contributed by atoms with Gasteiger partial charge in [0.15, 0.2) is 0 Å². The average molecular weight is 342 g/mol. The number of aromatic nitrogens is 1. The average Bonchev–Trinajstić information content (AvgIpc) is 2.33. The first-order valence-corrected chi connectivity index (χ1v) is 7.66. The number of nitrogen functional groups attached to an aromatic ring is 1. The van der Waals surface area contributed by atoms with Gasteiger partial charge >= 0.3 is 0 Å². The van der Waals surface area contributed by atoms with Gasteiger partial charge in [0.25, 0.3) is 10.0 Å². The predicted molar refractivity (Wildman–Crippen MR) is 78.3 cm³/mol. The van der Waals surface area contributed by atoms with Gasteiger partial charge in [0.1, 0.15) is 10.7 Å². The lowest BCUT2D eigenvalue weighted by molar-refractivity contribution is 0.601. The smallest absolute Gasteiger partial charge is 0.263 e. The number of anilines is 2. The van der Waals surface area contributed by atoms with Gasteiger partial charge in [0.05, 0.1) is 5.69 Å². The third kappa shape index (κ3) is 3.24. The second kappa shape index (κ2) is 5.18. The Labute approximate surface area is 120 Å². The number of pyridine rings is 1. The zero-order valence-corrected chi connectivity index (χ0v) is 12.5. The number of rotatable bonds is 3. The summed E-state index contributed by atoms with van der Waals surface area (Å²) in [4.78, 5) is 3.85. The first-order valence-electron chi connectivity index (χ1n) is 5.39. The Morgan fingerprint density at radius 1 is 1.26 bits per heavy atom. The zero-order chi connectivity index (χ0) is 14.0. The third-order valence-electron chi connectivity index (χ3n) is 2.50. The Balaban J connectivity index is 2.33. The van der Waals surface area contributed by atoms with E-state index >= 15 is 0 Å². The van der Waals surface area contributed by atoms with E-state index in [0.717, 1.165) is 10.0 Å². The maximum absolute atomic E-state index is 12.1. The minimum Gasteiger partial charge on any atom is -0.384 e. The Kier molecular flexibility index (Phi) is 3.77. The third-order valence-corrected chi connectivity index (χ3v) is 4.35. The van der Waals surface area contributed by atoms with E-state index in [9.17, 15) is 8.42 Å². The second-order valence-corrected chi connectivity index (χ2v) is 6.58. The number of benzene rings is 1. The van der Waals surface area contributed by atoms with Crippen molar-refractivity contribution in [2.45, 2.75) is 11.8 Å². The summed E-state index contributed by atoms with van der Waals surface area (Å²) in [5.74, 6) is 0.277. The molecule has 0 aliphatic rings. The number of halogens is 1. The molecule has 1 aromatic heterocycles. The molecule has 7 heteroatoms. The van der Waals surface area contributed by atoms with Crippen LogP contribution in [0.5, 0.6) is 0 Å². The molecule has 0 saturated heterocycles. The molecule has 2 aromatic rings. The summed E-state index contributed by atoms with van der Waals surface area (Å²) in [6, 6.07) is 8.16. The first kappa shape index (κ1) is 13.8. The molecule has 3 N–H and O–H groups in total. The van der Waals surface area contributed by atoms with Crippen molar-refractivity contribution in [3.05, 3.63) is 46.6 Å². The second-order valence-electron chi connectivity index (χ2n) is 3.98. The van der Waals surface area contributed by atoms with Crippen LogP contribution >= 0.6 is 15.9 Å². The van der Waals surface area contributed by atoms with Crippen LogP contribution in [0, 0.1) is 6.92 Å². The van der Waals surface area contributed by atoms with Crippen LogP contribution in [0.4, 0.5) is 11.5 Å². The van der Waals surface area contributed by atoms with Crippen LogP contribution in [0.2, 0.25) is 0 Å². The van der Waals surface area contributed by atoms with E-state index in [0.29, 0.717) is 5.69 Å². The van der Waals surface area contributed by atoms with Gasteiger partial charge in [0, 0.05) is 10.7 Å². The number of nitrogens with zero attached hydrogens (tertiary/aromatic N) is 1. The molecule has 100 valence electrons. The Bertz CT molecular complexity index is 699. The zero-order valence-electron chi connectivity index (χ0n) is 10.1. The molecular weight excluding hydrogens is 330 g/mol. The molecule has 0 bridgehead atoms. The maximum atomic E-state index is 12.1. The minimum absolute atomic E-state index is 0.0732. The summed E-state index contributed by atoms with van der Waals surface area (Å²) >= 11 is 3.33. The van der Waals surface area contributed by atoms with E-state index in [4.69, 9.17) is 5.73 Å². The van der Waals surface area contributed by atoms with Crippen molar-refractivity contribution >= 4 is 37.5 Å². The van der Waals surface area contributed by atoms with Crippen molar-refractivity contribution in [3.8, 4) is 0 Å². The van der Waals surface area contributed by atoms with Crippen LogP contribution in [-0.4, -0.2) is 13.4 Å². The number of nitrogens with two attached hydrogens (primary N) is 1. The van der Waals surface area contributed by atoms with Crippen molar-refractivity contribution in [3.63, 3.8) is 0 Å². The van der Waals surface area contributed by atoms with Gasteiger partial charge in [0.2, 0.25) is 0 Å². The maximum Gasteiger partial charge on any atom is 0.263 e. The molecule has 0 aliphatic carbocycles. The lowest BCUT2D eigenvalue weighted by atomic mass is 10.2. The fraction of sp³-hybridized carbons (Fsp3) is 0.0833. The van der Waals surface area contributed by atoms with Crippen LogP contribution in [0.3, 0.4) is 0 Å². The molecule has 0 fully saturated rings. The molecule has 2 rings (SSSR count). The fourth-order valence-corrected chi connectivity index (χ4v) is 3.05. The summed E-state index contributed by atoms with van der Waals surface area (Å²) in [5, 5.41) is 0. The predicted octanol–water partition coefficient (Wildman–Crippen LogP) is 2.54. The van der Waals surface area contributed by atoms with Gasteiger partial charge in [-0.3, -0.25) is 4.72 Å². The number of hydrogen-bond donors (Lipinski definition) is 2. The van der Waals surface area contributed by atoms with Crippen LogP contribution in [-0.2, 0) is 10.0 Å². The van der Waals surface area contributed by atoms with Crippen molar-refractivity contribution in [2.75, 3.05) is 10.5 Å². The lowest BCUT2D eigenvalue weighted by Gasteiger charge is -2.10. The molecule has 1 heterocycles. The van der Waals surface area contributed by atoms with E-state index in [1.54, 1.807) is 12.1 Å². The normalized spacial score (nSPS) is 11.3. The molecule has 0 atom stereocenters. The highest BCUT2D eigenvalue weighted by Crippen LogP contribution is 2.23. The number of aryl methyl sites for hydroxylation is 1. The fourth-order valence-electron chi connectivity index (χ4n) is 1.50. The highest BCUT2D eigenvalue weighted by atomic mass is 79.9. The summed E-state index contributed by atoms with van der Waals surface area (Å²) in [6.45, 7) is 1.82. The van der Waals surface area contributed by atoms with Crippen LogP contribution < -0.4 is 10.5 Å². The van der Waals surface area contributed by atoms with Crippen molar-refractivity contribution < 1.29 is 8.42 Å². The van der Waals surface area contributed by atoms with Crippen LogP contribution in [0.15, 0.2) is 45.9 Å². The van der Waals surface area contributed by atoms with Gasteiger partial charge in [-0.15, -0.1) is 0 Å². The van der Waals surface area contributed by atoms with E-state index < -0.39 is 10.0 Å². The SMILES string of the molecule is Cc1cc(Br)ccc1NS(=O)(=O)c1ccc(N)nc1. The summed E-state index contributed by atoms with van der Waals surface area (Å²) < 4.78 is 27.7. The standard InChI is InChI=1S/C12H12BrN3O2S/c1-8-6-9(13)2-4-11(8)16-19(17,18)10-3-5-12(14)15-7-10/h2-7,16H,1H3,(H2,14,15). The highest BCUT2D eigenvalue weighted by Gasteiger charge is 2.15. The van der Waals surface area contributed by atoms with Gasteiger partial charge in [-0.1, -0.05) is 15.9 Å². The minimum atomic E-state index is -3.65. The van der Waals surface area contributed by atoms with E-state index in [1.165, 1.54) is 18.3 Å². The molecule has 5 nitrogen and oxygen atoms in total. The number of nitrogens with one attached hydrogen (secondary N) is 1. The molecule has 0 amide bonds. The summed E-state index contributed by atoms with van der Waals surface area (Å²) in [6.07, 6.45) is 1.23. The molecule has 1 aromatic carbocycles. The lowest BCUT2D eigenvalue weighted by Crippen LogP contribution is -2.14. The largest absolute Gasteiger partial charge is 0.384 e. The molecule has 0 saturated carbocycles. The van der Waals surface area contributed by atoms with Crippen LogP contribution in [0.25, 0.3) is 0 Å². The molecule has 19 heavy (non-hydrogen) atoms. The van der Waals surface area contributed by atoms with Crippen molar-refractivity contribution in [1.29, 1.82) is 0 Å². The molecular formula is C12H12BrN3O2S. The molecule has 0 aliphatic heterocycles. The quantitative estimate of drug-likeness (QED) is 0.898. The topological polar surface area (TPSA) is 85.1 Å². The number of hydrogen-bond acceptors (Lipinski definition) is 4. The number of sulfonamides is 1. The van der Waals surface area contributed by atoms with E-state index in [1.807, 2.05) is 13.0 Å². The van der Waals surface area contributed by atoms with Gasteiger partial charge in [-0.2, -0.15) is 0 Å². The van der Waals surface area contributed by atoms with Crippen molar-refractivity contribution in [2.24, 2.45) is 0 Å².